The summed E-state index contributed by atoms with van der Waals surface area (Å²) in [5, 5.41) is 3.02. The molecule has 0 bridgehead atoms. The van der Waals surface area contributed by atoms with Gasteiger partial charge in [-0.25, -0.2) is 4.79 Å². The molecule has 0 aliphatic rings. The standard InChI is InChI=1S/C23H23NO2S/c25-23(26-17-20-12-6-2-7-13-20)24-21(16-19-10-4-1-5-11-19)18-27-22-14-8-3-9-15-22/h1-15,21H,16-18H2,(H,24,25)/t21-/m0/s1. The minimum Gasteiger partial charge on any atom is -0.445 e. The first kappa shape index (κ1) is 19.1. The SMILES string of the molecule is O=C(N[C@H](CSc1ccccc1)Cc1ccccc1)OCc1ccccc1. The fourth-order valence-corrected chi connectivity index (χ4v) is 3.64. The molecule has 0 aliphatic heterocycles. The van der Waals surface area contributed by atoms with Crippen molar-refractivity contribution in [2.45, 2.75) is 24.0 Å². The first-order valence-corrected chi connectivity index (χ1v) is 9.97. The van der Waals surface area contributed by atoms with E-state index in [1.54, 1.807) is 11.8 Å². The van der Waals surface area contributed by atoms with Gasteiger partial charge in [0.25, 0.3) is 0 Å². The van der Waals surface area contributed by atoms with Gasteiger partial charge < -0.3 is 10.1 Å². The Morgan fingerprint density at radius 3 is 2.00 bits per heavy atom. The molecular formula is C23H23NO2S. The van der Waals surface area contributed by atoms with Crippen LogP contribution in [0, 0.1) is 0 Å². The maximum Gasteiger partial charge on any atom is 0.407 e. The molecular weight excluding hydrogens is 354 g/mol. The average Bonchev–Trinajstić information content (AvgIpc) is 2.73. The van der Waals surface area contributed by atoms with Crippen LogP contribution >= 0.6 is 11.8 Å². The second kappa shape index (κ2) is 10.4. The molecule has 0 radical (unpaired) electrons. The number of thioether (sulfide) groups is 1. The Labute approximate surface area is 164 Å². The summed E-state index contributed by atoms with van der Waals surface area (Å²) in [5.74, 6) is 0.777. The molecule has 3 rings (SSSR count). The normalized spacial score (nSPS) is 11.6. The lowest BCUT2D eigenvalue weighted by atomic mass is 10.1. The third kappa shape index (κ3) is 6.83. The highest BCUT2D eigenvalue weighted by Crippen LogP contribution is 2.19. The lowest BCUT2D eigenvalue weighted by Crippen LogP contribution is -2.38. The number of alkyl carbamates (subject to hydrolysis) is 1. The van der Waals surface area contributed by atoms with E-state index in [1.165, 1.54) is 10.5 Å². The molecule has 0 spiro atoms. The van der Waals surface area contributed by atoms with Crippen LogP contribution in [0.3, 0.4) is 0 Å². The lowest BCUT2D eigenvalue weighted by molar-refractivity contribution is 0.136. The van der Waals surface area contributed by atoms with Crippen LogP contribution < -0.4 is 5.32 Å². The van der Waals surface area contributed by atoms with Crippen LogP contribution in [0.5, 0.6) is 0 Å². The first-order chi connectivity index (χ1) is 13.3. The summed E-state index contributed by atoms with van der Waals surface area (Å²) < 4.78 is 5.39. The van der Waals surface area contributed by atoms with E-state index in [2.05, 4.69) is 29.6 Å². The van der Waals surface area contributed by atoms with E-state index in [4.69, 9.17) is 4.74 Å². The second-order valence-corrected chi connectivity index (χ2v) is 7.31. The van der Waals surface area contributed by atoms with E-state index in [1.807, 2.05) is 66.7 Å². The van der Waals surface area contributed by atoms with Gasteiger partial charge in [0.05, 0.1) is 0 Å². The van der Waals surface area contributed by atoms with Crippen LogP contribution in [0.25, 0.3) is 0 Å². The van der Waals surface area contributed by atoms with Gasteiger partial charge in [-0.2, -0.15) is 0 Å². The van der Waals surface area contributed by atoms with Crippen molar-refractivity contribution < 1.29 is 9.53 Å². The van der Waals surface area contributed by atoms with E-state index in [0.29, 0.717) is 0 Å². The van der Waals surface area contributed by atoms with Gasteiger partial charge >= 0.3 is 6.09 Å². The van der Waals surface area contributed by atoms with Crippen molar-refractivity contribution in [1.82, 2.24) is 5.32 Å². The van der Waals surface area contributed by atoms with Crippen molar-refractivity contribution in [3.05, 3.63) is 102 Å². The zero-order valence-corrected chi connectivity index (χ0v) is 15.9. The van der Waals surface area contributed by atoms with Gasteiger partial charge in [-0.1, -0.05) is 78.9 Å². The quantitative estimate of drug-likeness (QED) is 0.540. The van der Waals surface area contributed by atoms with Crippen molar-refractivity contribution in [3.63, 3.8) is 0 Å². The highest BCUT2D eigenvalue weighted by atomic mass is 32.2. The summed E-state index contributed by atoms with van der Waals surface area (Å²) in [6.45, 7) is 0.274. The van der Waals surface area contributed by atoms with Gasteiger partial charge in [0.1, 0.15) is 6.61 Å². The van der Waals surface area contributed by atoms with Crippen LogP contribution in [-0.2, 0) is 17.8 Å². The van der Waals surface area contributed by atoms with Gasteiger partial charge in [-0.3, -0.25) is 0 Å². The molecule has 0 aromatic heterocycles. The zero-order chi connectivity index (χ0) is 18.7. The predicted molar refractivity (Wildman–Crippen MR) is 111 cm³/mol. The molecule has 4 heteroatoms. The van der Waals surface area contributed by atoms with E-state index in [9.17, 15) is 4.79 Å². The molecule has 0 unspecified atom stereocenters. The molecule has 1 atom stereocenters. The Balaban J connectivity index is 1.57. The Morgan fingerprint density at radius 2 is 1.37 bits per heavy atom. The summed E-state index contributed by atoms with van der Waals surface area (Å²) in [6.07, 6.45) is 0.384. The van der Waals surface area contributed by atoms with Crippen LogP contribution in [0.15, 0.2) is 95.9 Å². The maximum atomic E-state index is 12.3. The number of carbonyl (C=O) groups is 1. The number of benzene rings is 3. The van der Waals surface area contributed by atoms with Crippen LogP contribution in [-0.4, -0.2) is 17.9 Å². The summed E-state index contributed by atoms with van der Waals surface area (Å²) in [5.41, 5.74) is 2.17. The molecule has 1 N–H and O–H groups in total. The number of hydrogen-bond donors (Lipinski definition) is 1. The van der Waals surface area contributed by atoms with Gasteiger partial charge in [-0.05, 0) is 29.7 Å². The summed E-state index contributed by atoms with van der Waals surface area (Å²) in [7, 11) is 0. The minimum absolute atomic E-state index is 0.0131. The van der Waals surface area contributed by atoms with E-state index in [0.717, 1.165) is 17.7 Å². The molecule has 1 amide bonds. The molecule has 0 fully saturated rings. The van der Waals surface area contributed by atoms with Crippen molar-refractivity contribution in [2.75, 3.05) is 5.75 Å². The smallest absolute Gasteiger partial charge is 0.407 e. The molecule has 138 valence electrons. The highest BCUT2D eigenvalue weighted by molar-refractivity contribution is 7.99. The van der Waals surface area contributed by atoms with Gasteiger partial charge in [0.15, 0.2) is 0 Å². The number of nitrogens with one attached hydrogen (secondary N) is 1. The Kier molecular flexibility index (Phi) is 7.36. The molecule has 3 nitrogen and oxygen atoms in total. The Hall–Kier alpha value is -2.72. The molecule has 3 aromatic rings. The number of rotatable bonds is 8. The summed E-state index contributed by atoms with van der Waals surface area (Å²) in [4.78, 5) is 13.5. The van der Waals surface area contributed by atoms with Crippen LogP contribution in [0.2, 0.25) is 0 Å². The number of carbonyl (C=O) groups excluding carboxylic acids is 1. The Morgan fingerprint density at radius 1 is 0.815 bits per heavy atom. The maximum absolute atomic E-state index is 12.3. The highest BCUT2D eigenvalue weighted by Gasteiger charge is 2.15. The molecule has 0 saturated carbocycles. The van der Waals surface area contributed by atoms with Gasteiger partial charge in [0.2, 0.25) is 0 Å². The third-order valence-electron chi connectivity index (χ3n) is 4.05. The second-order valence-electron chi connectivity index (χ2n) is 6.22. The topological polar surface area (TPSA) is 38.3 Å². The molecule has 27 heavy (non-hydrogen) atoms. The van der Waals surface area contributed by atoms with Crippen molar-refractivity contribution in [2.24, 2.45) is 0 Å². The number of ether oxygens (including phenoxy) is 1. The van der Waals surface area contributed by atoms with Gasteiger partial charge in [-0.15, -0.1) is 11.8 Å². The van der Waals surface area contributed by atoms with E-state index >= 15 is 0 Å². The zero-order valence-electron chi connectivity index (χ0n) is 15.1. The number of amides is 1. The minimum atomic E-state index is -0.381. The lowest BCUT2D eigenvalue weighted by Gasteiger charge is -2.18. The monoisotopic (exact) mass is 377 g/mol. The first-order valence-electron chi connectivity index (χ1n) is 8.98. The van der Waals surface area contributed by atoms with Crippen molar-refractivity contribution >= 4 is 17.9 Å². The van der Waals surface area contributed by atoms with Crippen LogP contribution in [0.1, 0.15) is 11.1 Å². The van der Waals surface area contributed by atoms with Crippen molar-refractivity contribution in [1.29, 1.82) is 0 Å². The Bertz CT molecular complexity index is 810. The average molecular weight is 378 g/mol. The molecule has 0 aliphatic carbocycles. The predicted octanol–water partition coefficient (Wildman–Crippen LogP) is 5.32. The molecule has 3 aromatic carbocycles. The number of hydrogen-bond acceptors (Lipinski definition) is 3. The van der Waals surface area contributed by atoms with Gasteiger partial charge in [0, 0.05) is 16.7 Å². The molecule has 0 saturated heterocycles. The fraction of sp³-hybridized carbons (Fsp3) is 0.174. The largest absolute Gasteiger partial charge is 0.445 e. The van der Waals surface area contributed by atoms with E-state index in [-0.39, 0.29) is 18.7 Å². The van der Waals surface area contributed by atoms with Crippen molar-refractivity contribution in [3.8, 4) is 0 Å². The fourth-order valence-electron chi connectivity index (χ4n) is 2.70. The summed E-state index contributed by atoms with van der Waals surface area (Å²) in [6, 6.07) is 30.1. The van der Waals surface area contributed by atoms with Crippen LogP contribution in [0.4, 0.5) is 4.79 Å². The third-order valence-corrected chi connectivity index (χ3v) is 5.23. The van der Waals surface area contributed by atoms with E-state index < -0.39 is 0 Å². The molecule has 0 heterocycles. The summed E-state index contributed by atoms with van der Waals surface area (Å²) >= 11 is 1.73.